The van der Waals surface area contributed by atoms with Crippen molar-refractivity contribution in [3.8, 4) is 0 Å². The summed E-state index contributed by atoms with van der Waals surface area (Å²) in [5, 5.41) is 2.75. The number of ether oxygens (including phenoxy) is 2. The average molecular weight is 245 g/mol. The maximum atomic E-state index is 10.8. The molecular formula is C11H23NO3Si. The van der Waals surface area contributed by atoms with Crippen molar-refractivity contribution < 1.29 is 14.3 Å². The molecule has 0 heterocycles. The molecule has 1 amide bonds. The van der Waals surface area contributed by atoms with E-state index in [4.69, 9.17) is 9.47 Å². The van der Waals surface area contributed by atoms with E-state index in [0.717, 1.165) is 12.5 Å². The molecule has 0 fully saturated rings. The van der Waals surface area contributed by atoms with E-state index >= 15 is 0 Å². The lowest BCUT2D eigenvalue weighted by Gasteiger charge is -2.16. The topological polar surface area (TPSA) is 47.6 Å². The summed E-state index contributed by atoms with van der Waals surface area (Å²) in [5.41, 5.74) is 0. The second-order valence-electron chi connectivity index (χ2n) is 3.33. The van der Waals surface area contributed by atoms with Crippen LogP contribution in [0.25, 0.3) is 0 Å². The van der Waals surface area contributed by atoms with E-state index in [0.29, 0.717) is 19.8 Å². The summed E-state index contributed by atoms with van der Waals surface area (Å²) in [6, 6.07) is 1.11. The van der Waals surface area contributed by atoms with Gasteiger partial charge in [-0.2, -0.15) is 0 Å². The molecule has 0 aromatic rings. The monoisotopic (exact) mass is 245 g/mol. The zero-order valence-electron chi connectivity index (χ0n) is 10.3. The van der Waals surface area contributed by atoms with Crippen LogP contribution in [0.1, 0.15) is 20.3 Å². The Labute approximate surface area is 100 Å². The molecular weight excluding hydrogens is 222 g/mol. The summed E-state index contributed by atoms with van der Waals surface area (Å²) in [6.45, 7) is 9.46. The smallest absolute Gasteiger partial charge is 0.243 e. The van der Waals surface area contributed by atoms with Crippen molar-refractivity contribution in [3.05, 3.63) is 12.7 Å². The Kier molecular flexibility index (Phi) is 10.4. The molecule has 5 heteroatoms. The first-order valence-electron chi connectivity index (χ1n) is 5.88. The molecule has 0 aromatic carbocycles. The van der Waals surface area contributed by atoms with Crippen molar-refractivity contribution >= 4 is 15.4 Å². The van der Waals surface area contributed by atoms with E-state index in [9.17, 15) is 4.79 Å². The molecule has 0 radical (unpaired) electrons. The summed E-state index contributed by atoms with van der Waals surface area (Å²) in [4.78, 5) is 10.8. The van der Waals surface area contributed by atoms with Gasteiger partial charge in [0.25, 0.3) is 0 Å². The van der Waals surface area contributed by atoms with Gasteiger partial charge in [0.1, 0.15) is 5.91 Å². The predicted molar refractivity (Wildman–Crippen MR) is 68.2 cm³/mol. The summed E-state index contributed by atoms with van der Waals surface area (Å²) < 4.78 is 10.9. The molecule has 0 aliphatic heterocycles. The molecule has 0 unspecified atom stereocenters. The third-order valence-electron chi connectivity index (χ3n) is 2.06. The predicted octanol–water partition coefficient (Wildman–Crippen LogP) is 0.622. The van der Waals surface area contributed by atoms with E-state index in [1.165, 1.54) is 6.08 Å². The lowest BCUT2D eigenvalue weighted by Crippen LogP contribution is -2.26. The first-order chi connectivity index (χ1) is 7.74. The first kappa shape index (κ1) is 15.3. The number of carbonyl (C=O) groups is 1. The van der Waals surface area contributed by atoms with Crippen molar-refractivity contribution in [3.63, 3.8) is 0 Å². The van der Waals surface area contributed by atoms with Gasteiger partial charge in [-0.1, -0.05) is 12.6 Å². The van der Waals surface area contributed by atoms with E-state index < -0.39 is 0 Å². The Bertz CT molecular complexity index is 194. The van der Waals surface area contributed by atoms with Gasteiger partial charge < -0.3 is 14.8 Å². The maximum Gasteiger partial charge on any atom is 0.243 e. The first-order valence-corrected chi connectivity index (χ1v) is 7.69. The highest BCUT2D eigenvalue weighted by atomic mass is 28.2. The Morgan fingerprint density at radius 3 is 2.56 bits per heavy atom. The minimum absolute atomic E-state index is 0.0325. The Hall–Kier alpha value is -0.653. The summed E-state index contributed by atoms with van der Waals surface area (Å²) >= 11 is 0. The molecule has 16 heavy (non-hydrogen) atoms. The third kappa shape index (κ3) is 8.64. The fourth-order valence-corrected chi connectivity index (χ4v) is 2.98. The Morgan fingerprint density at radius 1 is 1.44 bits per heavy atom. The van der Waals surface area contributed by atoms with Crippen LogP contribution in [-0.4, -0.2) is 41.1 Å². The minimum Gasteiger partial charge on any atom is -0.357 e. The van der Waals surface area contributed by atoms with Crippen molar-refractivity contribution in [1.29, 1.82) is 0 Å². The molecule has 1 N–H and O–H groups in total. The molecule has 0 aromatic heterocycles. The number of nitrogens with one attached hydrogen (secondary N) is 1. The second kappa shape index (κ2) is 10.9. The van der Waals surface area contributed by atoms with Crippen molar-refractivity contribution in [2.24, 2.45) is 0 Å². The van der Waals surface area contributed by atoms with Crippen LogP contribution in [0, 0.1) is 0 Å². The van der Waals surface area contributed by atoms with Crippen molar-refractivity contribution in [2.45, 2.75) is 32.2 Å². The van der Waals surface area contributed by atoms with Gasteiger partial charge in [0.15, 0.2) is 0 Å². The lowest BCUT2D eigenvalue weighted by atomic mass is 10.4. The molecule has 0 saturated carbocycles. The summed E-state index contributed by atoms with van der Waals surface area (Å²) in [7, 11) is -0.369. The van der Waals surface area contributed by atoms with Gasteiger partial charge in [-0.3, -0.25) is 4.79 Å². The summed E-state index contributed by atoms with van der Waals surface area (Å²) in [6.07, 6.45) is 2.28. The number of rotatable bonds is 10. The van der Waals surface area contributed by atoms with E-state index in [1.807, 2.05) is 13.8 Å². The van der Waals surface area contributed by atoms with Gasteiger partial charge >= 0.3 is 0 Å². The zero-order chi connectivity index (χ0) is 12.2. The van der Waals surface area contributed by atoms with Gasteiger partial charge in [0.2, 0.25) is 5.91 Å². The Balaban J connectivity index is 3.46. The van der Waals surface area contributed by atoms with Gasteiger partial charge in [-0.25, -0.2) is 0 Å². The molecule has 0 spiro atoms. The van der Waals surface area contributed by atoms with Crippen molar-refractivity contribution in [2.75, 3.05) is 19.8 Å². The molecule has 0 aliphatic carbocycles. The SMILES string of the molecule is C=CC(=O)NCCC[SiH2]C(OCC)OCC. The standard InChI is InChI=1S/C11H23NO3Si/c1-4-10(13)12-8-7-9-16-11(14-5-2)15-6-3/h4,11H,1,5-9,16H2,2-3H3,(H,12,13). The molecule has 0 saturated heterocycles. The van der Waals surface area contributed by atoms with E-state index in [-0.39, 0.29) is 21.3 Å². The van der Waals surface area contributed by atoms with Gasteiger partial charge in [0.05, 0.1) is 9.52 Å². The van der Waals surface area contributed by atoms with Crippen LogP contribution in [0.3, 0.4) is 0 Å². The molecule has 0 atom stereocenters. The quantitative estimate of drug-likeness (QED) is 0.266. The molecule has 0 bridgehead atoms. The van der Waals surface area contributed by atoms with Crippen LogP contribution in [-0.2, 0) is 14.3 Å². The normalized spacial score (nSPS) is 11.2. The van der Waals surface area contributed by atoms with Crippen LogP contribution in [0.2, 0.25) is 6.04 Å². The number of carbonyl (C=O) groups excluding carboxylic acids is 1. The minimum atomic E-state index is -0.369. The zero-order valence-corrected chi connectivity index (χ0v) is 11.7. The highest BCUT2D eigenvalue weighted by molar-refractivity contribution is 6.36. The van der Waals surface area contributed by atoms with E-state index in [2.05, 4.69) is 11.9 Å². The average Bonchev–Trinajstić information content (AvgIpc) is 2.28. The molecule has 4 nitrogen and oxygen atoms in total. The fourth-order valence-electron chi connectivity index (χ4n) is 1.31. The van der Waals surface area contributed by atoms with Crippen molar-refractivity contribution in [1.82, 2.24) is 5.32 Å². The van der Waals surface area contributed by atoms with Crippen LogP contribution in [0.5, 0.6) is 0 Å². The number of amides is 1. The largest absolute Gasteiger partial charge is 0.357 e. The molecule has 94 valence electrons. The van der Waals surface area contributed by atoms with Crippen LogP contribution in [0.4, 0.5) is 0 Å². The van der Waals surface area contributed by atoms with Crippen LogP contribution < -0.4 is 5.32 Å². The highest BCUT2D eigenvalue weighted by Gasteiger charge is 2.07. The summed E-state index contributed by atoms with van der Waals surface area (Å²) in [5.74, 6) is -0.0714. The number of hydrogen-bond acceptors (Lipinski definition) is 3. The lowest BCUT2D eigenvalue weighted by molar-refractivity contribution is -0.116. The van der Waals surface area contributed by atoms with Gasteiger partial charge in [0, 0.05) is 19.8 Å². The van der Waals surface area contributed by atoms with Gasteiger partial charge in [-0.05, 0) is 26.3 Å². The van der Waals surface area contributed by atoms with Crippen LogP contribution >= 0.6 is 0 Å². The maximum absolute atomic E-state index is 10.8. The van der Waals surface area contributed by atoms with E-state index in [1.54, 1.807) is 0 Å². The molecule has 0 rings (SSSR count). The third-order valence-corrected chi connectivity index (χ3v) is 3.91. The molecule has 0 aliphatic rings. The van der Waals surface area contributed by atoms with Gasteiger partial charge in [-0.15, -0.1) is 0 Å². The fraction of sp³-hybridized carbons (Fsp3) is 0.727. The van der Waals surface area contributed by atoms with Crippen LogP contribution in [0.15, 0.2) is 12.7 Å². The second-order valence-corrected chi connectivity index (χ2v) is 5.28. The highest BCUT2D eigenvalue weighted by Crippen LogP contribution is 1.98. The number of hydrogen-bond donors (Lipinski definition) is 1. The Morgan fingerprint density at radius 2 is 2.06 bits per heavy atom.